The number of Topliss-reactive ketones (excluding diaryl/α,β-unsaturated/α-hetero) is 1. The summed E-state index contributed by atoms with van der Waals surface area (Å²) in [6.07, 6.45) is 3.54. The van der Waals surface area contributed by atoms with Crippen molar-refractivity contribution in [3.05, 3.63) is 65.2 Å². The monoisotopic (exact) mass is 724 g/mol. The van der Waals surface area contributed by atoms with Crippen LogP contribution in [0.5, 0.6) is 0 Å². The first-order valence-corrected chi connectivity index (χ1v) is 18.8. The minimum atomic E-state index is -1.09. The molecule has 0 saturated carbocycles. The molecule has 0 spiro atoms. The first-order valence-electron chi connectivity index (χ1n) is 16.6. The lowest BCUT2D eigenvalue weighted by Crippen LogP contribution is -2.59. The number of aromatic nitrogens is 1. The van der Waals surface area contributed by atoms with Crippen LogP contribution in [0, 0.1) is 5.92 Å². The van der Waals surface area contributed by atoms with E-state index in [4.69, 9.17) is 11.5 Å². The van der Waals surface area contributed by atoms with Crippen molar-refractivity contribution >= 4 is 68.7 Å². The number of hydrogen-bond acceptors (Lipinski definition) is 9. The van der Waals surface area contributed by atoms with Gasteiger partial charge in [0.25, 0.3) is 0 Å². The molecule has 1 aromatic heterocycles. The maximum Gasteiger partial charge on any atom is 0.243 e. The van der Waals surface area contributed by atoms with Crippen molar-refractivity contribution in [2.45, 2.75) is 77.0 Å². The van der Waals surface area contributed by atoms with Crippen molar-refractivity contribution in [2.24, 2.45) is 22.4 Å². The predicted molar refractivity (Wildman–Crippen MR) is 200 cm³/mol. The fraction of sp³-hybridized carbons (Fsp3) is 0.457. The molecule has 5 atom stereocenters. The Kier molecular flexibility index (Phi) is 16.2. The number of guanidine groups is 1. The van der Waals surface area contributed by atoms with Gasteiger partial charge in [-0.05, 0) is 54.9 Å². The molecule has 0 saturated heterocycles. The van der Waals surface area contributed by atoms with Gasteiger partial charge in [-0.3, -0.25) is 29.0 Å². The topological polar surface area (TPSA) is 211 Å². The molecule has 3 rings (SSSR count). The largest absolute Gasteiger partial charge is 0.370 e. The van der Waals surface area contributed by atoms with Crippen LogP contribution in [-0.2, 0) is 25.6 Å². The normalized spacial score (nSPS) is 14.0. The van der Waals surface area contributed by atoms with Crippen LogP contribution in [0.1, 0.15) is 61.8 Å². The molecule has 1 heterocycles. The van der Waals surface area contributed by atoms with E-state index in [-0.39, 0.29) is 54.4 Å². The number of para-hydroxylation sites is 1. The molecule has 3 aromatic rings. The number of ketones is 1. The van der Waals surface area contributed by atoms with Crippen LogP contribution < -0.4 is 32.7 Å². The number of carbonyl (C=O) groups excluding carboxylic acids is 5. The summed E-state index contributed by atoms with van der Waals surface area (Å²) in [5, 5.41) is 11.5. The fourth-order valence-electron chi connectivity index (χ4n) is 5.19. The SMILES string of the molecule is CCC(C)[C@H](NC(C)=O)C(=O)N[C@@H](CCSC)C(=O)N[C@@H](Cc1ccccc1)C(=O)N[C@@H](CCCN=C(N)N)C(=O)c1nc2ccccc2s1. The number of nitrogens with one attached hydrogen (secondary N) is 4. The molecular weight excluding hydrogens is 677 g/mol. The fourth-order valence-corrected chi connectivity index (χ4v) is 6.62. The van der Waals surface area contributed by atoms with Gasteiger partial charge in [0.1, 0.15) is 18.1 Å². The Hall–Kier alpha value is -4.50. The van der Waals surface area contributed by atoms with E-state index in [1.54, 1.807) is 0 Å². The summed E-state index contributed by atoms with van der Waals surface area (Å²) in [5.41, 5.74) is 12.4. The Morgan fingerprint density at radius 2 is 1.50 bits per heavy atom. The molecule has 50 heavy (non-hydrogen) atoms. The number of hydrogen-bond donors (Lipinski definition) is 6. The summed E-state index contributed by atoms with van der Waals surface area (Å²) >= 11 is 2.74. The first-order chi connectivity index (χ1) is 23.9. The number of benzene rings is 2. The van der Waals surface area contributed by atoms with E-state index < -0.39 is 41.9 Å². The molecule has 0 aliphatic heterocycles. The molecular formula is C35H48N8O5S2. The summed E-state index contributed by atoms with van der Waals surface area (Å²) in [6, 6.07) is 12.7. The summed E-state index contributed by atoms with van der Waals surface area (Å²) in [6.45, 7) is 5.34. The lowest BCUT2D eigenvalue weighted by Gasteiger charge is -2.28. The van der Waals surface area contributed by atoms with Crippen molar-refractivity contribution < 1.29 is 24.0 Å². The molecule has 8 N–H and O–H groups in total. The lowest BCUT2D eigenvalue weighted by molar-refractivity contribution is -0.134. The Morgan fingerprint density at radius 3 is 2.14 bits per heavy atom. The minimum Gasteiger partial charge on any atom is -0.370 e. The number of thioether (sulfide) groups is 1. The Labute approximate surface area is 301 Å². The van der Waals surface area contributed by atoms with E-state index in [9.17, 15) is 24.0 Å². The summed E-state index contributed by atoms with van der Waals surface area (Å²) in [4.78, 5) is 75.5. The summed E-state index contributed by atoms with van der Waals surface area (Å²) in [7, 11) is 0. The second-order valence-electron chi connectivity index (χ2n) is 12.0. The number of aliphatic imine (C=N–C) groups is 1. The van der Waals surface area contributed by atoms with E-state index in [1.807, 2.05) is 74.7 Å². The third kappa shape index (κ3) is 12.4. The average molecular weight is 725 g/mol. The molecule has 0 bridgehead atoms. The molecule has 1 unspecified atom stereocenters. The van der Waals surface area contributed by atoms with E-state index in [1.165, 1.54) is 30.0 Å². The maximum atomic E-state index is 14.1. The third-order valence-corrected chi connectivity index (χ3v) is 9.79. The van der Waals surface area contributed by atoms with Gasteiger partial charge in [0.15, 0.2) is 11.0 Å². The van der Waals surface area contributed by atoms with Crippen LogP contribution in [0.4, 0.5) is 0 Å². The molecule has 0 fully saturated rings. The van der Waals surface area contributed by atoms with E-state index in [2.05, 4.69) is 31.2 Å². The van der Waals surface area contributed by atoms with Crippen molar-refractivity contribution in [3.8, 4) is 0 Å². The van der Waals surface area contributed by atoms with Gasteiger partial charge in [-0.15, -0.1) is 11.3 Å². The number of nitrogens with zero attached hydrogens (tertiary/aromatic N) is 2. The van der Waals surface area contributed by atoms with Gasteiger partial charge >= 0.3 is 0 Å². The highest BCUT2D eigenvalue weighted by molar-refractivity contribution is 7.98. The average Bonchev–Trinajstić information content (AvgIpc) is 3.54. The standard InChI is InChI=1S/C35H48N8O5S2/c1-5-21(2)29(39-22(3)44)33(48)41-26(17-19-49-4)31(46)42-27(20-23-12-7-6-8-13-23)32(47)40-25(15-11-18-38-35(36)37)30(45)34-43-24-14-9-10-16-28(24)50-34/h6-10,12-14,16,21,25-27,29H,5,11,15,17-20H2,1-4H3,(H,39,44)(H,40,47)(H,41,48)(H,42,46)(H4,36,37,38)/t21?,25-,26-,27-,29-/m0/s1. The van der Waals surface area contributed by atoms with Crippen LogP contribution in [-0.4, -0.2) is 83.1 Å². The van der Waals surface area contributed by atoms with Gasteiger partial charge in [-0.25, -0.2) is 4.98 Å². The zero-order valence-electron chi connectivity index (χ0n) is 28.9. The quantitative estimate of drug-likeness (QED) is 0.0437. The highest BCUT2D eigenvalue weighted by Crippen LogP contribution is 2.23. The Balaban J connectivity index is 1.89. The van der Waals surface area contributed by atoms with Crippen molar-refractivity contribution in [2.75, 3.05) is 18.6 Å². The highest BCUT2D eigenvalue weighted by Gasteiger charge is 2.33. The highest BCUT2D eigenvalue weighted by atomic mass is 32.2. The van der Waals surface area contributed by atoms with Crippen LogP contribution in [0.3, 0.4) is 0 Å². The summed E-state index contributed by atoms with van der Waals surface area (Å²) in [5.74, 6) is -2.05. The zero-order valence-corrected chi connectivity index (χ0v) is 30.6. The second kappa shape index (κ2) is 20.2. The van der Waals surface area contributed by atoms with Crippen LogP contribution in [0.2, 0.25) is 0 Å². The number of carbonyl (C=O) groups is 5. The van der Waals surface area contributed by atoms with Crippen LogP contribution >= 0.6 is 23.1 Å². The predicted octanol–water partition coefficient (Wildman–Crippen LogP) is 2.53. The molecule has 0 aliphatic rings. The second-order valence-corrected chi connectivity index (χ2v) is 14.0. The molecule has 270 valence electrons. The van der Waals surface area contributed by atoms with E-state index in [0.29, 0.717) is 24.1 Å². The van der Waals surface area contributed by atoms with E-state index in [0.717, 1.165) is 10.3 Å². The maximum absolute atomic E-state index is 14.1. The van der Waals surface area contributed by atoms with Crippen molar-refractivity contribution in [1.29, 1.82) is 0 Å². The van der Waals surface area contributed by atoms with Crippen molar-refractivity contribution in [1.82, 2.24) is 26.3 Å². The molecule has 2 aromatic carbocycles. The molecule has 15 heteroatoms. The number of thiazole rings is 1. The molecule has 4 amide bonds. The Bertz CT molecular complexity index is 1600. The zero-order chi connectivity index (χ0) is 36.6. The number of nitrogens with two attached hydrogens (primary N) is 2. The number of rotatable bonds is 20. The number of fused-ring (bicyclic) bond motifs is 1. The van der Waals surface area contributed by atoms with Crippen LogP contribution in [0.25, 0.3) is 10.2 Å². The van der Waals surface area contributed by atoms with Gasteiger partial charge in [0.2, 0.25) is 29.4 Å². The minimum absolute atomic E-state index is 0.0793. The van der Waals surface area contributed by atoms with E-state index >= 15 is 0 Å². The molecule has 0 radical (unpaired) electrons. The van der Waals surface area contributed by atoms with Crippen molar-refractivity contribution in [3.63, 3.8) is 0 Å². The molecule has 13 nitrogen and oxygen atoms in total. The van der Waals surface area contributed by atoms with Gasteiger partial charge in [-0.1, -0.05) is 62.7 Å². The van der Waals surface area contributed by atoms with Gasteiger partial charge in [0, 0.05) is 19.9 Å². The Morgan fingerprint density at radius 1 is 0.860 bits per heavy atom. The number of amides is 4. The smallest absolute Gasteiger partial charge is 0.243 e. The first kappa shape index (κ1) is 39.9. The van der Waals surface area contributed by atoms with Gasteiger partial charge in [-0.2, -0.15) is 11.8 Å². The molecule has 0 aliphatic carbocycles. The summed E-state index contributed by atoms with van der Waals surface area (Å²) < 4.78 is 0.836. The van der Waals surface area contributed by atoms with Gasteiger partial charge in [0.05, 0.1) is 16.3 Å². The lowest BCUT2D eigenvalue weighted by atomic mass is 9.97. The van der Waals surface area contributed by atoms with Crippen LogP contribution in [0.15, 0.2) is 59.6 Å². The van der Waals surface area contributed by atoms with Gasteiger partial charge < -0.3 is 32.7 Å². The third-order valence-electron chi connectivity index (χ3n) is 8.10.